The van der Waals surface area contributed by atoms with Gasteiger partial charge in [-0.15, -0.1) is 0 Å². The van der Waals surface area contributed by atoms with Crippen molar-refractivity contribution in [1.82, 2.24) is 5.43 Å². The number of nitrogens with zero attached hydrogens (tertiary/aromatic N) is 1. The predicted octanol–water partition coefficient (Wildman–Crippen LogP) is 3.76. The van der Waals surface area contributed by atoms with Crippen LogP contribution in [-0.2, 0) is 0 Å². The lowest BCUT2D eigenvalue weighted by molar-refractivity contribution is 0.0955. The average Bonchev–Trinajstić information content (AvgIpc) is 2.41. The van der Waals surface area contributed by atoms with Gasteiger partial charge in [-0.1, -0.05) is 41.4 Å². The maximum atomic E-state index is 11.7. The first-order chi connectivity index (χ1) is 9.16. The van der Waals surface area contributed by atoms with Crippen molar-refractivity contribution in [3.8, 4) is 0 Å². The van der Waals surface area contributed by atoms with Gasteiger partial charge in [-0.25, -0.2) is 5.43 Å². The zero-order valence-corrected chi connectivity index (χ0v) is 11.3. The van der Waals surface area contributed by atoms with Gasteiger partial charge in [-0.2, -0.15) is 5.10 Å². The van der Waals surface area contributed by atoms with E-state index in [1.165, 1.54) is 6.21 Å². The molecule has 0 radical (unpaired) electrons. The fraction of sp³-hybridized carbons (Fsp3) is 0. The molecule has 0 aliphatic rings. The number of amides is 1. The number of carbonyl (C=O) groups excluding carboxylic acids is 1. The number of halogens is 2. The summed E-state index contributed by atoms with van der Waals surface area (Å²) in [6.45, 7) is 0. The highest BCUT2D eigenvalue weighted by atomic mass is 35.5. The van der Waals surface area contributed by atoms with Crippen molar-refractivity contribution in [1.29, 1.82) is 0 Å². The lowest BCUT2D eigenvalue weighted by atomic mass is 10.2. The number of hydrogen-bond donors (Lipinski definition) is 1. The standard InChI is InChI=1S/C14H10Cl2N2O/c15-12-7-5-10(6-8-12)14(19)18-17-9-11-3-1-2-4-13(11)16/h1-9H,(H,18,19)/b17-9-. The molecule has 96 valence electrons. The maximum Gasteiger partial charge on any atom is 0.271 e. The zero-order chi connectivity index (χ0) is 13.7. The summed E-state index contributed by atoms with van der Waals surface area (Å²) in [4.78, 5) is 11.7. The molecular weight excluding hydrogens is 283 g/mol. The van der Waals surface area contributed by atoms with Crippen LogP contribution in [0.5, 0.6) is 0 Å². The van der Waals surface area contributed by atoms with Crippen molar-refractivity contribution < 1.29 is 4.79 Å². The molecule has 19 heavy (non-hydrogen) atoms. The van der Waals surface area contributed by atoms with Crippen molar-refractivity contribution in [3.63, 3.8) is 0 Å². The van der Waals surface area contributed by atoms with E-state index in [1.54, 1.807) is 36.4 Å². The second-order valence-electron chi connectivity index (χ2n) is 3.73. The molecule has 0 bridgehead atoms. The Bertz CT molecular complexity index is 609. The molecule has 2 aromatic carbocycles. The second kappa shape index (κ2) is 6.36. The monoisotopic (exact) mass is 292 g/mol. The zero-order valence-electron chi connectivity index (χ0n) is 9.81. The first-order valence-corrected chi connectivity index (χ1v) is 6.26. The first-order valence-electron chi connectivity index (χ1n) is 5.50. The molecular formula is C14H10Cl2N2O. The van der Waals surface area contributed by atoms with E-state index < -0.39 is 0 Å². The van der Waals surface area contributed by atoms with Gasteiger partial charge < -0.3 is 0 Å². The SMILES string of the molecule is O=C(N/N=C\c1ccccc1Cl)c1ccc(Cl)cc1. The molecule has 0 aliphatic carbocycles. The Labute approximate surface area is 120 Å². The van der Waals surface area contributed by atoms with E-state index in [0.29, 0.717) is 15.6 Å². The predicted molar refractivity (Wildman–Crippen MR) is 78.0 cm³/mol. The molecule has 0 heterocycles. The molecule has 1 N–H and O–H groups in total. The molecule has 0 unspecified atom stereocenters. The smallest absolute Gasteiger partial charge is 0.267 e. The minimum absolute atomic E-state index is 0.306. The number of carbonyl (C=O) groups is 1. The highest BCUT2D eigenvalue weighted by molar-refractivity contribution is 6.33. The summed E-state index contributed by atoms with van der Waals surface area (Å²) in [5.41, 5.74) is 3.65. The molecule has 3 nitrogen and oxygen atoms in total. The van der Waals surface area contributed by atoms with Gasteiger partial charge in [-0.3, -0.25) is 4.79 Å². The van der Waals surface area contributed by atoms with E-state index in [9.17, 15) is 4.79 Å². The molecule has 1 amide bonds. The Morgan fingerprint density at radius 1 is 1.05 bits per heavy atom. The van der Waals surface area contributed by atoms with Gasteiger partial charge in [-0.05, 0) is 30.3 Å². The van der Waals surface area contributed by atoms with Crippen LogP contribution in [0.3, 0.4) is 0 Å². The van der Waals surface area contributed by atoms with Gasteiger partial charge in [0.15, 0.2) is 0 Å². The van der Waals surface area contributed by atoms with E-state index in [0.717, 1.165) is 5.56 Å². The van der Waals surface area contributed by atoms with Gasteiger partial charge in [0.25, 0.3) is 5.91 Å². The van der Waals surface area contributed by atoms with E-state index in [1.807, 2.05) is 12.1 Å². The summed E-state index contributed by atoms with van der Waals surface area (Å²) in [5, 5.41) is 5.01. The third kappa shape index (κ3) is 3.81. The molecule has 5 heteroatoms. The van der Waals surface area contributed by atoms with Crippen LogP contribution >= 0.6 is 23.2 Å². The first kappa shape index (κ1) is 13.6. The van der Waals surface area contributed by atoms with Crippen molar-refractivity contribution in [2.24, 2.45) is 5.10 Å². The van der Waals surface area contributed by atoms with Gasteiger partial charge >= 0.3 is 0 Å². The van der Waals surface area contributed by atoms with Crippen LogP contribution in [-0.4, -0.2) is 12.1 Å². The van der Waals surface area contributed by atoms with Gasteiger partial charge in [0.2, 0.25) is 0 Å². The molecule has 0 saturated heterocycles. The van der Waals surface area contributed by atoms with Crippen molar-refractivity contribution in [2.45, 2.75) is 0 Å². The third-order valence-corrected chi connectivity index (χ3v) is 2.98. The number of hydrogen-bond acceptors (Lipinski definition) is 2. The molecule has 0 atom stereocenters. The minimum atomic E-state index is -0.306. The summed E-state index contributed by atoms with van der Waals surface area (Å²) in [5.74, 6) is -0.306. The number of benzene rings is 2. The fourth-order valence-electron chi connectivity index (χ4n) is 1.41. The van der Waals surface area contributed by atoms with Crippen LogP contribution in [0.15, 0.2) is 53.6 Å². The Hall–Kier alpha value is -1.84. The molecule has 2 rings (SSSR count). The summed E-state index contributed by atoms with van der Waals surface area (Å²) < 4.78 is 0. The highest BCUT2D eigenvalue weighted by Gasteiger charge is 2.03. The molecule has 0 aromatic heterocycles. The summed E-state index contributed by atoms with van der Waals surface area (Å²) in [7, 11) is 0. The lowest BCUT2D eigenvalue weighted by Gasteiger charge is -2.00. The molecule has 0 aliphatic heterocycles. The van der Waals surface area contributed by atoms with Crippen LogP contribution in [0.4, 0.5) is 0 Å². The van der Waals surface area contributed by atoms with Crippen molar-refractivity contribution in [2.75, 3.05) is 0 Å². The van der Waals surface area contributed by atoms with Crippen molar-refractivity contribution in [3.05, 3.63) is 69.7 Å². The molecule has 0 saturated carbocycles. The average molecular weight is 293 g/mol. The van der Waals surface area contributed by atoms with Crippen LogP contribution in [0, 0.1) is 0 Å². The van der Waals surface area contributed by atoms with Crippen LogP contribution in [0.25, 0.3) is 0 Å². The minimum Gasteiger partial charge on any atom is -0.267 e. The normalized spacial score (nSPS) is 10.6. The summed E-state index contributed by atoms with van der Waals surface area (Å²) in [6.07, 6.45) is 1.50. The Morgan fingerprint density at radius 3 is 2.42 bits per heavy atom. The quantitative estimate of drug-likeness (QED) is 0.679. The Kier molecular flexibility index (Phi) is 4.55. The topological polar surface area (TPSA) is 41.5 Å². The number of hydrazone groups is 1. The van der Waals surface area contributed by atoms with E-state index in [4.69, 9.17) is 23.2 Å². The van der Waals surface area contributed by atoms with Crippen molar-refractivity contribution >= 4 is 35.3 Å². The second-order valence-corrected chi connectivity index (χ2v) is 4.57. The number of nitrogens with one attached hydrogen (secondary N) is 1. The maximum absolute atomic E-state index is 11.7. The van der Waals surface area contributed by atoms with Gasteiger partial charge in [0, 0.05) is 21.2 Å². The van der Waals surface area contributed by atoms with Crippen LogP contribution in [0.1, 0.15) is 15.9 Å². The Balaban J connectivity index is 2.01. The molecule has 0 fully saturated rings. The van der Waals surface area contributed by atoms with E-state index in [2.05, 4.69) is 10.5 Å². The van der Waals surface area contributed by atoms with Crippen LogP contribution < -0.4 is 5.43 Å². The number of rotatable bonds is 3. The molecule has 0 spiro atoms. The van der Waals surface area contributed by atoms with E-state index >= 15 is 0 Å². The largest absolute Gasteiger partial charge is 0.271 e. The fourth-order valence-corrected chi connectivity index (χ4v) is 1.72. The lowest BCUT2D eigenvalue weighted by Crippen LogP contribution is -2.17. The van der Waals surface area contributed by atoms with Crippen LogP contribution in [0.2, 0.25) is 10.0 Å². The summed E-state index contributed by atoms with van der Waals surface area (Å²) in [6, 6.07) is 13.8. The third-order valence-electron chi connectivity index (χ3n) is 2.38. The van der Waals surface area contributed by atoms with E-state index in [-0.39, 0.29) is 5.91 Å². The summed E-state index contributed by atoms with van der Waals surface area (Å²) >= 11 is 11.7. The Morgan fingerprint density at radius 2 is 1.74 bits per heavy atom. The molecule has 2 aromatic rings. The van der Waals surface area contributed by atoms with Gasteiger partial charge in [0.05, 0.1) is 6.21 Å². The highest BCUT2D eigenvalue weighted by Crippen LogP contribution is 2.12. The van der Waals surface area contributed by atoms with Gasteiger partial charge in [0.1, 0.15) is 0 Å².